The molecular formula is C12H23NO5. The van der Waals surface area contributed by atoms with Crippen LogP contribution in [0.5, 0.6) is 0 Å². The summed E-state index contributed by atoms with van der Waals surface area (Å²) < 4.78 is 10.00. The fourth-order valence-electron chi connectivity index (χ4n) is 1.10. The molecule has 0 amide bonds. The van der Waals surface area contributed by atoms with E-state index in [2.05, 4.69) is 0 Å². The molecule has 0 aliphatic carbocycles. The largest absolute Gasteiger partial charge is 0.459 e. The van der Waals surface area contributed by atoms with E-state index in [1.54, 1.807) is 41.5 Å². The van der Waals surface area contributed by atoms with Crippen LogP contribution in [0.15, 0.2) is 0 Å². The van der Waals surface area contributed by atoms with E-state index >= 15 is 0 Å². The van der Waals surface area contributed by atoms with Gasteiger partial charge >= 0.3 is 11.9 Å². The van der Waals surface area contributed by atoms with Crippen molar-refractivity contribution < 1.29 is 24.3 Å². The number of carbonyl (C=O) groups is 2. The van der Waals surface area contributed by atoms with Gasteiger partial charge in [0.1, 0.15) is 24.3 Å². The Morgan fingerprint density at radius 2 is 1.17 bits per heavy atom. The first-order valence-electron chi connectivity index (χ1n) is 5.76. The zero-order chi connectivity index (χ0) is 14.6. The standard InChI is InChI=1S/C12H23NO5/c1-11(2,3)17-9(14)7-13(16)8-10(15)18-12(4,5)6/h16H,7-8H2,1-6H3. The molecule has 0 radical (unpaired) electrons. The van der Waals surface area contributed by atoms with Gasteiger partial charge in [-0.2, -0.15) is 5.06 Å². The van der Waals surface area contributed by atoms with Crippen molar-refractivity contribution >= 4 is 11.9 Å². The molecule has 0 aliphatic heterocycles. The van der Waals surface area contributed by atoms with Crippen molar-refractivity contribution in [3.63, 3.8) is 0 Å². The van der Waals surface area contributed by atoms with Gasteiger partial charge in [0.05, 0.1) is 0 Å². The Kier molecular flexibility index (Phi) is 5.76. The van der Waals surface area contributed by atoms with Crippen LogP contribution in [0.4, 0.5) is 0 Å². The lowest BCUT2D eigenvalue weighted by atomic mass is 10.2. The number of hydrogen-bond donors (Lipinski definition) is 1. The summed E-state index contributed by atoms with van der Waals surface area (Å²) in [6.45, 7) is 9.58. The molecule has 0 saturated carbocycles. The Labute approximate surface area is 108 Å². The number of esters is 2. The normalized spacial score (nSPS) is 12.4. The molecule has 0 aromatic rings. The highest BCUT2D eigenvalue weighted by molar-refractivity contribution is 5.75. The number of hydrogen-bond acceptors (Lipinski definition) is 6. The van der Waals surface area contributed by atoms with E-state index in [4.69, 9.17) is 9.47 Å². The number of rotatable bonds is 4. The molecule has 0 rings (SSSR count). The molecule has 0 unspecified atom stereocenters. The van der Waals surface area contributed by atoms with E-state index in [9.17, 15) is 14.8 Å². The minimum Gasteiger partial charge on any atom is -0.459 e. The lowest BCUT2D eigenvalue weighted by molar-refractivity contribution is -0.179. The first-order chi connectivity index (χ1) is 7.89. The van der Waals surface area contributed by atoms with Crippen LogP contribution in [-0.4, -0.2) is 46.5 Å². The average Bonchev–Trinajstić information content (AvgIpc) is 1.92. The Bertz CT molecular complexity index is 271. The van der Waals surface area contributed by atoms with Gasteiger partial charge in [0.2, 0.25) is 0 Å². The molecule has 0 heterocycles. The van der Waals surface area contributed by atoms with E-state index in [1.807, 2.05) is 0 Å². The van der Waals surface area contributed by atoms with Crippen LogP contribution in [-0.2, 0) is 19.1 Å². The average molecular weight is 261 g/mol. The third kappa shape index (κ3) is 10.0. The van der Waals surface area contributed by atoms with Crippen LogP contribution in [0, 0.1) is 0 Å². The maximum Gasteiger partial charge on any atom is 0.323 e. The van der Waals surface area contributed by atoms with Gasteiger partial charge in [-0.1, -0.05) is 0 Å². The predicted molar refractivity (Wildman–Crippen MR) is 65.0 cm³/mol. The fraction of sp³-hybridized carbons (Fsp3) is 0.833. The van der Waals surface area contributed by atoms with Gasteiger partial charge in [-0.25, -0.2) is 0 Å². The number of nitrogens with zero attached hydrogens (tertiary/aromatic N) is 1. The monoisotopic (exact) mass is 261 g/mol. The maximum absolute atomic E-state index is 11.4. The van der Waals surface area contributed by atoms with Gasteiger partial charge in [0, 0.05) is 0 Å². The van der Waals surface area contributed by atoms with E-state index in [1.165, 1.54) is 0 Å². The summed E-state index contributed by atoms with van der Waals surface area (Å²) >= 11 is 0. The molecule has 0 saturated heterocycles. The molecule has 0 aromatic carbocycles. The first kappa shape index (κ1) is 16.9. The summed E-state index contributed by atoms with van der Waals surface area (Å²) in [6, 6.07) is 0. The highest BCUT2D eigenvalue weighted by Crippen LogP contribution is 2.08. The van der Waals surface area contributed by atoms with Crippen molar-refractivity contribution in [3.05, 3.63) is 0 Å². The molecule has 18 heavy (non-hydrogen) atoms. The minimum absolute atomic E-state index is 0.378. The van der Waals surface area contributed by atoms with Gasteiger partial charge in [0.15, 0.2) is 0 Å². The Morgan fingerprint density at radius 1 is 0.889 bits per heavy atom. The van der Waals surface area contributed by atoms with E-state index in [-0.39, 0.29) is 13.1 Å². The summed E-state index contributed by atoms with van der Waals surface area (Å²) in [5, 5.41) is 9.99. The maximum atomic E-state index is 11.4. The van der Waals surface area contributed by atoms with Gasteiger partial charge in [-0.3, -0.25) is 9.59 Å². The summed E-state index contributed by atoms with van der Waals surface area (Å²) in [4.78, 5) is 22.7. The van der Waals surface area contributed by atoms with E-state index in [0.717, 1.165) is 0 Å². The van der Waals surface area contributed by atoms with Crippen molar-refractivity contribution in [2.45, 2.75) is 52.7 Å². The van der Waals surface area contributed by atoms with Crippen molar-refractivity contribution in [3.8, 4) is 0 Å². The van der Waals surface area contributed by atoms with E-state index in [0.29, 0.717) is 5.06 Å². The molecule has 6 nitrogen and oxygen atoms in total. The second-order valence-electron chi connectivity index (χ2n) is 6.00. The first-order valence-corrected chi connectivity index (χ1v) is 5.76. The van der Waals surface area contributed by atoms with Crippen molar-refractivity contribution in [2.75, 3.05) is 13.1 Å². The number of carbonyl (C=O) groups excluding carboxylic acids is 2. The van der Waals surface area contributed by atoms with Crippen molar-refractivity contribution in [1.29, 1.82) is 0 Å². The summed E-state index contributed by atoms with van der Waals surface area (Å²) in [5.74, 6) is -1.21. The molecule has 6 heteroatoms. The molecular weight excluding hydrogens is 238 g/mol. The number of hydroxylamine groups is 2. The fourth-order valence-corrected chi connectivity index (χ4v) is 1.10. The third-order valence-electron chi connectivity index (χ3n) is 1.46. The molecule has 0 atom stereocenters. The Hall–Kier alpha value is -1.14. The van der Waals surface area contributed by atoms with Crippen molar-refractivity contribution in [1.82, 2.24) is 5.06 Å². The highest BCUT2D eigenvalue weighted by atomic mass is 16.6. The summed E-state index contributed by atoms with van der Waals surface area (Å²) in [5.41, 5.74) is -1.24. The smallest absolute Gasteiger partial charge is 0.323 e. The predicted octanol–water partition coefficient (Wildman–Crippen LogP) is 1.36. The summed E-state index contributed by atoms with van der Waals surface area (Å²) in [6.07, 6.45) is 0. The van der Waals surface area contributed by atoms with Gasteiger partial charge in [0.25, 0.3) is 0 Å². The Morgan fingerprint density at radius 3 is 1.39 bits per heavy atom. The van der Waals surface area contributed by atoms with Crippen molar-refractivity contribution in [2.24, 2.45) is 0 Å². The van der Waals surface area contributed by atoms with Gasteiger partial charge in [-0.15, -0.1) is 0 Å². The van der Waals surface area contributed by atoms with Crippen LogP contribution < -0.4 is 0 Å². The third-order valence-corrected chi connectivity index (χ3v) is 1.46. The van der Waals surface area contributed by atoms with Crippen LogP contribution in [0.3, 0.4) is 0 Å². The van der Waals surface area contributed by atoms with E-state index < -0.39 is 23.1 Å². The lowest BCUT2D eigenvalue weighted by Gasteiger charge is -2.23. The van der Waals surface area contributed by atoms with Gasteiger partial charge in [-0.05, 0) is 41.5 Å². The Balaban J connectivity index is 4.08. The van der Waals surface area contributed by atoms with Crippen LogP contribution in [0.25, 0.3) is 0 Å². The molecule has 0 spiro atoms. The van der Waals surface area contributed by atoms with Crippen LogP contribution >= 0.6 is 0 Å². The molecule has 0 aromatic heterocycles. The zero-order valence-corrected chi connectivity index (χ0v) is 11.9. The highest BCUT2D eigenvalue weighted by Gasteiger charge is 2.22. The molecule has 0 fully saturated rings. The topological polar surface area (TPSA) is 76.1 Å². The molecule has 0 aliphatic rings. The summed E-state index contributed by atoms with van der Waals surface area (Å²) in [7, 11) is 0. The molecule has 0 bridgehead atoms. The van der Waals surface area contributed by atoms with Crippen LogP contribution in [0.2, 0.25) is 0 Å². The van der Waals surface area contributed by atoms with Gasteiger partial charge < -0.3 is 14.7 Å². The quantitative estimate of drug-likeness (QED) is 0.608. The molecule has 106 valence electrons. The second kappa shape index (κ2) is 6.15. The lowest BCUT2D eigenvalue weighted by Crippen LogP contribution is -2.38. The zero-order valence-electron chi connectivity index (χ0n) is 11.9. The second-order valence-corrected chi connectivity index (χ2v) is 6.00. The molecule has 1 N–H and O–H groups in total. The van der Waals surface area contributed by atoms with Crippen LogP contribution in [0.1, 0.15) is 41.5 Å². The SMILES string of the molecule is CC(C)(C)OC(=O)CN(O)CC(=O)OC(C)(C)C. The minimum atomic E-state index is -0.621. The number of ether oxygens (including phenoxy) is 2.